The number of carbonyl (C=O) groups is 1. The molecule has 0 aliphatic heterocycles. The maximum Gasteiger partial charge on any atom is 0.263 e. The van der Waals surface area contributed by atoms with Gasteiger partial charge in [0, 0.05) is 6.54 Å². The summed E-state index contributed by atoms with van der Waals surface area (Å²) in [4.78, 5) is 12.8. The first kappa shape index (κ1) is 15.6. The fourth-order valence-electron chi connectivity index (χ4n) is 2.23. The lowest BCUT2D eigenvalue weighted by atomic mass is 9.94. The number of rotatable bonds is 6. The molecule has 2 aromatic rings. The van der Waals surface area contributed by atoms with Crippen molar-refractivity contribution < 1.29 is 9.90 Å². The Morgan fingerprint density at radius 2 is 2.33 bits per heavy atom. The van der Waals surface area contributed by atoms with Crippen LogP contribution in [-0.4, -0.2) is 43.4 Å². The summed E-state index contributed by atoms with van der Waals surface area (Å²) in [7, 11) is 0. The minimum atomic E-state index is -0.921. The van der Waals surface area contributed by atoms with Crippen LogP contribution in [-0.2, 0) is 0 Å². The molecule has 21 heavy (non-hydrogen) atoms. The lowest BCUT2D eigenvalue weighted by Crippen LogP contribution is -2.41. The van der Waals surface area contributed by atoms with E-state index in [-0.39, 0.29) is 12.5 Å². The number of thiophene rings is 1. The number of hydrogen-bond donors (Lipinski definition) is 2. The van der Waals surface area contributed by atoms with Crippen LogP contribution in [0, 0.1) is 5.92 Å². The number of nitrogens with one attached hydrogen (secondary N) is 1. The Balaban J connectivity index is 2.04. The molecule has 1 atom stereocenters. The zero-order valence-corrected chi connectivity index (χ0v) is 13.1. The van der Waals surface area contributed by atoms with Gasteiger partial charge in [0.15, 0.2) is 0 Å². The second-order valence-corrected chi connectivity index (χ2v) is 6.58. The van der Waals surface area contributed by atoms with Crippen molar-refractivity contribution in [3.05, 3.63) is 22.7 Å². The average Bonchev–Trinajstić information content (AvgIpc) is 3.04. The lowest BCUT2D eigenvalue weighted by molar-refractivity contribution is 0.0369. The van der Waals surface area contributed by atoms with Gasteiger partial charge in [0.1, 0.15) is 11.2 Å². The molecular formula is C13H19N5O2S. The number of aromatic nitrogens is 4. The number of tetrazole rings is 1. The van der Waals surface area contributed by atoms with Crippen molar-refractivity contribution in [3.63, 3.8) is 0 Å². The van der Waals surface area contributed by atoms with Crippen LogP contribution in [0.5, 0.6) is 0 Å². The van der Waals surface area contributed by atoms with Crippen molar-refractivity contribution in [3.8, 4) is 5.69 Å². The van der Waals surface area contributed by atoms with Gasteiger partial charge in [0.05, 0.1) is 11.3 Å². The predicted molar refractivity (Wildman–Crippen MR) is 79.4 cm³/mol. The van der Waals surface area contributed by atoms with E-state index in [2.05, 4.69) is 20.8 Å². The highest BCUT2D eigenvalue weighted by molar-refractivity contribution is 7.12. The molecule has 0 aliphatic carbocycles. The topological polar surface area (TPSA) is 92.9 Å². The summed E-state index contributed by atoms with van der Waals surface area (Å²) in [6.45, 7) is 6.00. The summed E-state index contributed by atoms with van der Waals surface area (Å²) in [6.07, 6.45) is 2.06. The highest BCUT2D eigenvalue weighted by Crippen LogP contribution is 2.20. The van der Waals surface area contributed by atoms with Gasteiger partial charge in [0.25, 0.3) is 5.91 Å². The van der Waals surface area contributed by atoms with Gasteiger partial charge in [-0.3, -0.25) is 4.79 Å². The molecule has 0 bridgehead atoms. The molecular weight excluding hydrogens is 290 g/mol. The third-order valence-corrected chi connectivity index (χ3v) is 3.83. The van der Waals surface area contributed by atoms with E-state index in [1.807, 2.05) is 13.8 Å². The summed E-state index contributed by atoms with van der Waals surface area (Å²) in [5.41, 5.74) is -0.290. The average molecular weight is 309 g/mol. The van der Waals surface area contributed by atoms with Crippen LogP contribution in [0.3, 0.4) is 0 Å². The van der Waals surface area contributed by atoms with E-state index in [0.717, 1.165) is 0 Å². The van der Waals surface area contributed by atoms with E-state index in [1.54, 1.807) is 18.4 Å². The number of nitrogens with zero attached hydrogens (tertiary/aromatic N) is 4. The van der Waals surface area contributed by atoms with Gasteiger partial charge in [-0.2, -0.15) is 4.68 Å². The summed E-state index contributed by atoms with van der Waals surface area (Å²) in [5.74, 6) is 0.120. The highest BCUT2D eigenvalue weighted by Gasteiger charge is 2.24. The van der Waals surface area contributed by atoms with Crippen molar-refractivity contribution in [2.45, 2.75) is 32.8 Å². The summed E-state index contributed by atoms with van der Waals surface area (Å²) in [5, 5.41) is 25.7. The zero-order valence-electron chi connectivity index (χ0n) is 12.3. The molecule has 0 radical (unpaired) electrons. The number of hydrogen-bond acceptors (Lipinski definition) is 6. The van der Waals surface area contributed by atoms with Gasteiger partial charge in [-0.1, -0.05) is 13.8 Å². The van der Waals surface area contributed by atoms with E-state index >= 15 is 0 Å². The number of aliphatic hydroxyl groups is 1. The summed E-state index contributed by atoms with van der Waals surface area (Å²) >= 11 is 1.31. The Morgan fingerprint density at radius 3 is 2.95 bits per heavy atom. The Labute approximate surface area is 127 Å². The molecule has 0 fully saturated rings. The van der Waals surface area contributed by atoms with Gasteiger partial charge in [-0.15, -0.1) is 16.4 Å². The van der Waals surface area contributed by atoms with E-state index < -0.39 is 5.60 Å². The smallest absolute Gasteiger partial charge is 0.263 e. The minimum Gasteiger partial charge on any atom is -0.388 e. The highest BCUT2D eigenvalue weighted by atomic mass is 32.1. The fourth-order valence-corrected chi connectivity index (χ4v) is 3.02. The van der Waals surface area contributed by atoms with E-state index in [0.29, 0.717) is 22.9 Å². The first-order valence-electron chi connectivity index (χ1n) is 6.70. The molecule has 2 rings (SSSR count). The largest absolute Gasteiger partial charge is 0.388 e. The minimum absolute atomic E-state index is 0.205. The Hall–Kier alpha value is -1.80. The van der Waals surface area contributed by atoms with Crippen LogP contribution in [0.15, 0.2) is 17.8 Å². The van der Waals surface area contributed by atoms with Gasteiger partial charge < -0.3 is 10.4 Å². The fraction of sp³-hybridized carbons (Fsp3) is 0.538. The SMILES string of the molecule is CC(C)CC(C)(O)CNC(=O)c1sccc1-n1cnnn1. The van der Waals surface area contributed by atoms with Crippen molar-refractivity contribution >= 4 is 17.2 Å². The van der Waals surface area contributed by atoms with Crippen LogP contribution in [0.25, 0.3) is 5.69 Å². The van der Waals surface area contributed by atoms with Gasteiger partial charge in [-0.05, 0) is 41.1 Å². The van der Waals surface area contributed by atoms with Crippen molar-refractivity contribution in [2.24, 2.45) is 5.92 Å². The van der Waals surface area contributed by atoms with Gasteiger partial charge >= 0.3 is 0 Å². The molecule has 0 spiro atoms. The number of amides is 1. The Kier molecular flexibility index (Phi) is 4.69. The summed E-state index contributed by atoms with van der Waals surface area (Å²) < 4.78 is 1.44. The lowest BCUT2D eigenvalue weighted by Gasteiger charge is -2.25. The Bertz CT molecular complexity index is 591. The zero-order chi connectivity index (χ0) is 15.5. The van der Waals surface area contributed by atoms with Crippen molar-refractivity contribution in [2.75, 3.05) is 6.54 Å². The quantitative estimate of drug-likeness (QED) is 0.837. The first-order valence-corrected chi connectivity index (χ1v) is 7.58. The molecule has 114 valence electrons. The normalized spacial score (nSPS) is 14.1. The maximum absolute atomic E-state index is 12.3. The first-order chi connectivity index (χ1) is 9.89. The number of carbonyl (C=O) groups excluding carboxylic acids is 1. The maximum atomic E-state index is 12.3. The Morgan fingerprint density at radius 1 is 1.57 bits per heavy atom. The van der Waals surface area contributed by atoms with E-state index in [1.165, 1.54) is 22.3 Å². The van der Waals surface area contributed by atoms with E-state index in [4.69, 9.17) is 0 Å². The third kappa shape index (κ3) is 4.08. The monoisotopic (exact) mass is 309 g/mol. The van der Waals surface area contributed by atoms with Gasteiger partial charge in [0.2, 0.25) is 0 Å². The van der Waals surface area contributed by atoms with E-state index in [9.17, 15) is 9.90 Å². The molecule has 0 aliphatic rings. The molecule has 0 saturated carbocycles. The second kappa shape index (κ2) is 6.31. The van der Waals surface area contributed by atoms with Crippen LogP contribution in [0.1, 0.15) is 36.9 Å². The molecule has 1 amide bonds. The predicted octanol–water partition coefficient (Wildman–Crippen LogP) is 1.25. The molecule has 0 aromatic carbocycles. The molecule has 2 N–H and O–H groups in total. The van der Waals surface area contributed by atoms with Crippen LogP contribution in [0.4, 0.5) is 0 Å². The molecule has 2 aromatic heterocycles. The summed E-state index contributed by atoms with van der Waals surface area (Å²) in [6, 6.07) is 1.78. The standard InChI is InChI=1S/C13H19N5O2S/c1-9(2)6-13(3,20)7-14-12(19)11-10(4-5-21-11)18-8-15-16-17-18/h4-5,8-9,20H,6-7H2,1-3H3,(H,14,19). The molecule has 7 nitrogen and oxygen atoms in total. The molecule has 0 saturated heterocycles. The third-order valence-electron chi connectivity index (χ3n) is 2.92. The molecule has 2 heterocycles. The molecule has 8 heteroatoms. The van der Waals surface area contributed by atoms with Crippen molar-refractivity contribution in [1.82, 2.24) is 25.5 Å². The van der Waals surface area contributed by atoms with Gasteiger partial charge in [-0.25, -0.2) is 0 Å². The van der Waals surface area contributed by atoms with Crippen LogP contribution >= 0.6 is 11.3 Å². The van der Waals surface area contributed by atoms with Crippen molar-refractivity contribution in [1.29, 1.82) is 0 Å². The van der Waals surface area contributed by atoms with Crippen LogP contribution < -0.4 is 5.32 Å². The van der Waals surface area contributed by atoms with Crippen LogP contribution in [0.2, 0.25) is 0 Å². The molecule has 1 unspecified atom stereocenters. The second-order valence-electron chi connectivity index (χ2n) is 5.67.